The minimum atomic E-state index is -0.315. The van der Waals surface area contributed by atoms with Crippen LogP contribution in [0.4, 0.5) is 0 Å². The lowest BCUT2D eigenvalue weighted by Crippen LogP contribution is -2.42. The van der Waals surface area contributed by atoms with Crippen molar-refractivity contribution in [2.45, 2.75) is 65.7 Å². The smallest absolute Gasteiger partial charge is 0.338 e. The number of H-pyrrole nitrogens is 1. The van der Waals surface area contributed by atoms with Crippen molar-refractivity contribution in [1.82, 2.24) is 34.2 Å². The maximum Gasteiger partial charge on any atom is 0.338 e. The number of hydrogen-bond acceptors (Lipinski definition) is 7. The van der Waals surface area contributed by atoms with E-state index in [0.29, 0.717) is 30.6 Å². The van der Waals surface area contributed by atoms with Gasteiger partial charge in [-0.3, -0.25) is 4.90 Å². The van der Waals surface area contributed by atoms with Crippen LogP contribution in [0, 0.1) is 11.3 Å². The third-order valence-electron chi connectivity index (χ3n) is 8.84. The number of ether oxygens (including phenoxy) is 1. The molecule has 9 heteroatoms. The Balaban J connectivity index is 1.16. The summed E-state index contributed by atoms with van der Waals surface area (Å²) >= 11 is 0. The Kier molecular flexibility index (Phi) is 9.90. The predicted molar refractivity (Wildman–Crippen MR) is 160 cm³/mol. The van der Waals surface area contributed by atoms with Crippen LogP contribution >= 0.6 is 0 Å². The lowest BCUT2D eigenvalue weighted by molar-refractivity contribution is 0.0598. The Hall–Kier alpha value is -3.01. The number of imidazole rings is 2. The number of rotatable bonds is 13. The van der Waals surface area contributed by atoms with Gasteiger partial charge in [-0.05, 0) is 74.8 Å². The van der Waals surface area contributed by atoms with E-state index in [2.05, 4.69) is 49.3 Å². The van der Waals surface area contributed by atoms with Crippen molar-refractivity contribution in [1.29, 1.82) is 0 Å². The molecular formula is C32H47N7O2. The maximum absolute atomic E-state index is 12.4. The van der Waals surface area contributed by atoms with Gasteiger partial charge in [0.25, 0.3) is 0 Å². The van der Waals surface area contributed by atoms with Gasteiger partial charge in [0.2, 0.25) is 0 Å². The molecule has 4 heterocycles. The first-order valence-electron chi connectivity index (χ1n) is 15.2. The fraction of sp³-hybridized carbons (Fsp3) is 0.594. The van der Waals surface area contributed by atoms with Gasteiger partial charge in [-0.1, -0.05) is 32.0 Å². The van der Waals surface area contributed by atoms with Crippen molar-refractivity contribution in [2.24, 2.45) is 11.3 Å². The molecule has 0 atom stereocenters. The van der Waals surface area contributed by atoms with Gasteiger partial charge in [-0.25, -0.2) is 14.8 Å². The number of aromatic amines is 1. The Morgan fingerprint density at radius 1 is 1.02 bits per heavy atom. The number of likely N-dealkylation sites (tertiary alicyclic amines) is 2. The van der Waals surface area contributed by atoms with E-state index < -0.39 is 0 Å². The number of piperidine rings is 1. The molecule has 41 heavy (non-hydrogen) atoms. The molecule has 1 spiro atoms. The van der Waals surface area contributed by atoms with E-state index in [9.17, 15) is 4.79 Å². The van der Waals surface area contributed by atoms with Crippen LogP contribution in [0.5, 0.6) is 0 Å². The molecule has 1 aromatic carbocycles. The Morgan fingerprint density at radius 3 is 2.54 bits per heavy atom. The minimum absolute atomic E-state index is 0.315. The van der Waals surface area contributed by atoms with Crippen molar-refractivity contribution in [3.05, 3.63) is 71.8 Å². The third-order valence-corrected chi connectivity index (χ3v) is 8.84. The molecule has 0 aliphatic carbocycles. The average molecular weight is 562 g/mol. The number of carbonyl (C=O) groups is 1. The van der Waals surface area contributed by atoms with Crippen LogP contribution in [0.1, 0.15) is 67.1 Å². The standard InChI is InChI=1S/C32H47N7O2/c1-26(2)21-36-17-9-32(10-18-36)11-19-37(25-32)15-6-16-39-20-14-35-30(39)24-38(23-29-33-12-13-34-29)22-27-7-4-5-8-28(27)31(40)41-3/h4-5,7-8,12-14,20,26H,6,9-11,15-19,21-25H2,1-3H3,(H,33,34). The van der Waals surface area contributed by atoms with Crippen LogP contribution in [0.25, 0.3) is 0 Å². The zero-order valence-corrected chi connectivity index (χ0v) is 25.1. The highest BCUT2D eigenvalue weighted by Crippen LogP contribution is 2.40. The van der Waals surface area contributed by atoms with Crippen LogP contribution in [0.2, 0.25) is 0 Å². The molecule has 1 N–H and O–H groups in total. The number of nitrogens with zero attached hydrogens (tertiary/aromatic N) is 6. The molecule has 2 aliphatic heterocycles. The van der Waals surface area contributed by atoms with E-state index in [4.69, 9.17) is 9.72 Å². The van der Waals surface area contributed by atoms with E-state index in [1.165, 1.54) is 59.1 Å². The summed E-state index contributed by atoms with van der Waals surface area (Å²) in [6.45, 7) is 14.9. The van der Waals surface area contributed by atoms with Crippen molar-refractivity contribution >= 4 is 5.97 Å². The van der Waals surface area contributed by atoms with Gasteiger partial charge in [0.1, 0.15) is 11.6 Å². The lowest BCUT2D eigenvalue weighted by atomic mass is 9.77. The molecular weight excluding hydrogens is 514 g/mol. The van der Waals surface area contributed by atoms with Crippen LogP contribution in [-0.2, 0) is 30.9 Å². The van der Waals surface area contributed by atoms with Gasteiger partial charge in [-0.2, -0.15) is 0 Å². The number of benzene rings is 1. The van der Waals surface area contributed by atoms with Crippen LogP contribution in [0.3, 0.4) is 0 Å². The van der Waals surface area contributed by atoms with E-state index in [-0.39, 0.29) is 5.97 Å². The van der Waals surface area contributed by atoms with Crippen molar-refractivity contribution < 1.29 is 9.53 Å². The molecule has 0 amide bonds. The zero-order chi connectivity index (χ0) is 28.7. The highest BCUT2D eigenvalue weighted by Gasteiger charge is 2.40. The van der Waals surface area contributed by atoms with Gasteiger partial charge in [0.15, 0.2) is 0 Å². The van der Waals surface area contributed by atoms with Crippen LogP contribution < -0.4 is 0 Å². The first kappa shape index (κ1) is 29.5. The second-order valence-corrected chi connectivity index (χ2v) is 12.4. The number of aryl methyl sites for hydroxylation is 1. The summed E-state index contributed by atoms with van der Waals surface area (Å²) in [6.07, 6.45) is 12.8. The van der Waals surface area contributed by atoms with Gasteiger partial charge in [0, 0.05) is 51.0 Å². The highest BCUT2D eigenvalue weighted by atomic mass is 16.5. The second kappa shape index (κ2) is 13.8. The summed E-state index contributed by atoms with van der Waals surface area (Å²) in [6, 6.07) is 7.65. The number of esters is 1. The summed E-state index contributed by atoms with van der Waals surface area (Å²) in [4.78, 5) is 32.4. The fourth-order valence-electron chi connectivity index (χ4n) is 6.69. The summed E-state index contributed by atoms with van der Waals surface area (Å²) in [5, 5.41) is 0. The van der Waals surface area contributed by atoms with E-state index in [1.54, 1.807) is 6.20 Å². The molecule has 5 rings (SSSR count). The molecule has 222 valence electrons. The van der Waals surface area contributed by atoms with Crippen molar-refractivity contribution in [2.75, 3.05) is 46.4 Å². The molecule has 2 aromatic heterocycles. The monoisotopic (exact) mass is 561 g/mol. The summed E-state index contributed by atoms with van der Waals surface area (Å²) in [7, 11) is 1.43. The molecule has 9 nitrogen and oxygen atoms in total. The van der Waals surface area contributed by atoms with E-state index in [1.807, 2.05) is 36.7 Å². The molecule has 3 aromatic rings. The number of nitrogens with one attached hydrogen (secondary N) is 1. The molecule has 2 fully saturated rings. The Morgan fingerprint density at radius 2 is 1.80 bits per heavy atom. The van der Waals surface area contributed by atoms with Gasteiger partial charge >= 0.3 is 5.97 Å². The maximum atomic E-state index is 12.4. The highest BCUT2D eigenvalue weighted by molar-refractivity contribution is 5.90. The van der Waals surface area contributed by atoms with Gasteiger partial charge in [-0.15, -0.1) is 0 Å². The van der Waals surface area contributed by atoms with Gasteiger partial charge in [0.05, 0.1) is 25.8 Å². The number of carbonyl (C=O) groups excluding carboxylic acids is 1. The number of methoxy groups -OCH3 is 1. The SMILES string of the molecule is COC(=O)c1ccccc1CN(Cc1ncc[nH]1)Cc1nccn1CCCN1CCC2(CCN(CC(C)C)CC2)C1. The largest absolute Gasteiger partial charge is 0.465 e. The molecule has 0 unspecified atom stereocenters. The summed E-state index contributed by atoms with van der Waals surface area (Å²) in [5.74, 6) is 2.36. The number of hydrogen-bond donors (Lipinski definition) is 1. The first-order chi connectivity index (χ1) is 19.9. The molecule has 0 saturated carbocycles. The van der Waals surface area contributed by atoms with E-state index >= 15 is 0 Å². The molecule has 2 saturated heterocycles. The molecule has 2 aliphatic rings. The van der Waals surface area contributed by atoms with Crippen LogP contribution in [0.15, 0.2) is 49.1 Å². The summed E-state index contributed by atoms with van der Waals surface area (Å²) in [5.41, 5.74) is 2.07. The second-order valence-electron chi connectivity index (χ2n) is 12.4. The topological polar surface area (TPSA) is 82.5 Å². The minimum Gasteiger partial charge on any atom is -0.465 e. The van der Waals surface area contributed by atoms with E-state index in [0.717, 1.165) is 42.6 Å². The Labute approximate surface area is 244 Å². The normalized spacial score (nSPS) is 17.7. The first-order valence-corrected chi connectivity index (χ1v) is 15.2. The Bertz CT molecular complexity index is 1230. The van der Waals surface area contributed by atoms with Gasteiger partial charge < -0.3 is 24.1 Å². The molecule has 0 radical (unpaired) electrons. The summed E-state index contributed by atoms with van der Waals surface area (Å²) < 4.78 is 7.32. The van der Waals surface area contributed by atoms with Crippen LogP contribution in [-0.4, -0.2) is 86.6 Å². The third kappa shape index (κ3) is 7.84. The van der Waals surface area contributed by atoms with Crippen molar-refractivity contribution in [3.8, 4) is 0 Å². The lowest BCUT2D eigenvalue weighted by Gasteiger charge is -2.40. The number of aromatic nitrogens is 4. The zero-order valence-electron chi connectivity index (χ0n) is 25.1. The molecule has 0 bridgehead atoms. The predicted octanol–water partition coefficient (Wildman–Crippen LogP) is 4.43. The average Bonchev–Trinajstić information content (AvgIpc) is 3.73. The quantitative estimate of drug-likeness (QED) is 0.309. The fourth-order valence-corrected chi connectivity index (χ4v) is 6.69. The van der Waals surface area contributed by atoms with Crippen molar-refractivity contribution in [3.63, 3.8) is 0 Å².